The van der Waals surface area contributed by atoms with Gasteiger partial charge < -0.3 is 10.1 Å². The number of pyridine rings is 1. The van der Waals surface area contributed by atoms with E-state index in [0.717, 1.165) is 16.7 Å². The summed E-state index contributed by atoms with van der Waals surface area (Å²) < 4.78 is 6.25. The second-order valence-electron chi connectivity index (χ2n) is 3.54. The predicted molar refractivity (Wildman–Crippen MR) is 72.3 cm³/mol. The normalized spacial score (nSPS) is 10.0. The highest BCUT2D eigenvalue weighted by Gasteiger charge is 2.02. The Morgan fingerprint density at radius 1 is 1.29 bits per heavy atom. The molecule has 1 heterocycles. The minimum absolute atomic E-state index is 0.613. The van der Waals surface area contributed by atoms with E-state index in [-0.39, 0.29) is 0 Å². The molecule has 0 aliphatic carbocycles. The molecule has 1 N–H and O–H groups in total. The van der Waals surface area contributed by atoms with E-state index in [1.54, 1.807) is 13.3 Å². The van der Waals surface area contributed by atoms with Crippen molar-refractivity contribution in [3.05, 3.63) is 52.6 Å². The molecule has 1 aromatic heterocycles. The van der Waals surface area contributed by atoms with Gasteiger partial charge >= 0.3 is 0 Å². The number of rotatable bonds is 4. The lowest BCUT2D eigenvalue weighted by molar-refractivity contribution is 0.399. The predicted octanol–water partition coefficient (Wildman–Crippen LogP) is 3.46. The van der Waals surface area contributed by atoms with Gasteiger partial charge in [0.1, 0.15) is 0 Å². The average Bonchev–Trinajstić information content (AvgIpc) is 2.37. The van der Waals surface area contributed by atoms with Crippen molar-refractivity contribution in [1.29, 1.82) is 0 Å². The lowest BCUT2D eigenvalue weighted by atomic mass is 10.2. The molecule has 2 aromatic rings. The molecule has 0 aliphatic heterocycles. The first-order valence-corrected chi connectivity index (χ1v) is 6.06. The first kappa shape index (κ1) is 11.9. The van der Waals surface area contributed by atoms with E-state index >= 15 is 0 Å². The van der Waals surface area contributed by atoms with Gasteiger partial charge in [0.05, 0.1) is 12.8 Å². The molecule has 88 valence electrons. The number of methoxy groups -OCH3 is 1. The Kier molecular flexibility index (Phi) is 3.98. The fourth-order valence-electron chi connectivity index (χ4n) is 1.53. The van der Waals surface area contributed by atoms with E-state index in [4.69, 9.17) is 4.74 Å². The van der Waals surface area contributed by atoms with Gasteiger partial charge in [-0.1, -0.05) is 28.1 Å². The van der Waals surface area contributed by atoms with Crippen molar-refractivity contribution in [3.63, 3.8) is 0 Å². The molecule has 2 rings (SSSR count). The Labute approximate surface area is 109 Å². The quantitative estimate of drug-likeness (QED) is 0.937. The van der Waals surface area contributed by atoms with Gasteiger partial charge in [0.25, 0.3) is 0 Å². The average molecular weight is 293 g/mol. The van der Waals surface area contributed by atoms with Crippen LogP contribution in [0.5, 0.6) is 5.88 Å². The smallest absolute Gasteiger partial charge is 0.237 e. The first-order chi connectivity index (χ1) is 8.29. The lowest BCUT2D eigenvalue weighted by Gasteiger charge is -2.09. The molecule has 0 radical (unpaired) electrons. The molecule has 0 spiro atoms. The molecule has 0 saturated carbocycles. The second-order valence-corrected chi connectivity index (χ2v) is 4.46. The molecular formula is C13H13BrN2O. The lowest BCUT2D eigenvalue weighted by Crippen LogP contribution is -2.02. The number of hydrogen-bond donors (Lipinski definition) is 1. The van der Waals surface area contributed by atoms with Gasteiger partial charge in [-0.3, -0.25) is 0 Å². The van der Waals surface area contributed by atoms with E-state index in [9.17, 15) is 0 Å². The van der Waals surface area contributed by atoms with Crippen LogP contribution in [0.3, 0.4) is 0 Å². The fraction of sp³-hybridized carbons (Fsp3) is 0.154. The zero-order valence-corrected chi connectivity index (χ0v) is 11.1. The van der Waals surface area contributed by atoms with Crippen LogP contribution in [0.1, 0.15) is 5.56 Å². The highest BCUT2D eigenvalue weighted by molar-refractivity contribution is 9.10. The van der Waals surface area contributed by atoms with E-state index in [0.29, 0.717) is 5.88 Å². The minimum atomic E-state index is 0.613. The number of hydrogen-bond acceptors (Lipinski definition) is 3. The Hall–Kier alpha value is -1.55. The van der Waals surface area contributed by atoms with Crippen molar-refractivity contribution in [2.75, 3.05) is 12.4 Å². The third-order valence-electron chi connectivity index (χ3n) is 2.34. The largest absolute Gasteiger partial charge is 0.480 e. The van der Waals surface area contributed by atoms with Crippen LogP contribution < -0.4 is 10.1 Å². The van der Waals surface area contributed by atoms with Crippen LogP contribution in [0.2, 0.25) is 0 Å². The van der Waals surface area contributed by atoms with Crippen molar-refractivity contribution < 1.29 is 4.74 Å². The number of ether oxygens (including phenoxy) is 1. The molecule has 0 atom stereocenters. The standard InChI is InChI=1S/C13H13BrN2O/c1-17-13-12(6-3-7-15-13)16-9-10-4-2-5-11(14)8-10/h2-8,16H,9H2,1H3. The molecule has 3 nitrogen and oxygen atoms in total. The van der Waals surface area contributed by atoms with Crippen molar-refractivity contribution in [2.45, 2.75) is 6.54 Å². The molecule has 17 heavy (non-hydrogen) atoms. The second kappa shape index (κ2) is 5.68. The van der Waals surface area contributed by atoms with Crippen molar-refractivity contribution in [1.82, 2.24) is 4.98 Å². The van der Waals surface area contributed by atoms with Crippen LogP contribution in [0.15, 0.2) is 47.1 Å². The van der Waals surface area contributed by atoms with Crippen LogP contribution in [-0.2, 0) is 6.54 Å². The van der Waals surface area contributed by atoms with Crippen LogP contribution >= 0.6 is 15.9 Å². The van der Waals surface area contributed by atoms with E-state index in [2.05, 4.69) is 38.4 Å². The van der Waals surface area contributed by atoms with Crippen molar-refractivity contribution in [3.8, 4) is 5.88 Å². The summed E-state index contributed by atoms with van der Waals surface area (Å²) in [6, 6.07) is 12.0. The molecule has 0 fully saturated rings. The molecule has 0 saturated heterocycles. The zero-order chi connectivity index (χ0) is 12.1. The molecule has 0 amide bonds. The maximum absolute atomic E-state index is 5.17. The van der Waals surface area contributed by atoms with Crippen LogP contribution in [-0.4, -0.2) is 12.1 Å². The van der Waals surface area contributed by atoms with E-state index in [1.165, 1.54) is 5.56 Å². The van der Waals surface area contributed by atoms with Gasteiger partial charge in [-0.2, -0.15) is 0 Å². The third kappa shape index (κ3) is 3.20. The molecule has 0 unspecified atom stereocenters. The summed E-state index contributed by atoms with van der Waals surface area (Å²) in [4.78, 5) is 4.13. The van der Waals surface area contributed by atoms with Gasteiger partial charge in [0.15, 0.2) is 0 Å². The summed E-state index contributed by atoms with van der Waals surface area (Å²) in [7, 11) is 1.62. The maximum Gasteiger partial charge on any atom is 0.237 e. The SMILES string of the molecule is COc1ncccc1NCc1cccc(Br)c1. The summed E-state index contributed by atoms with van der Waals surface area (Å²) in [6.07, 6.45) is 1.71. The van der Waals surface area contributed by atoms with Gasteiger partial charge in [-0.05, 0) is 29.8 Å². The summed E-state index contributed by atoms with van der Waals surface area (Å²) in [6.45, 7) is 0.738. The summed E-state index contributed by atoms with van der Waals surface area (Å²) in [5.74, 6) is 0.613. The number of nitrogens with one attached hydrogen (secondary N) is 1. The van der Waals surface area contributed by atoms with E-state index < -0.39 is 0 Å². The van der Waals surface area contributed by atoms with Crippen LogP contribution in [0, 0.1) is 0 Å². The third-order valence-corrected chi connectivity index (χ3v) is 2.83. The molecule has 0 bridgehead atoms. The number of benzene rings is 1. The summed E-state index contributed by atoms with van der Waals surface area (Å²) >= 11 is 3.45. The van der Waals surface area contributed by atoms with Crippen molar-refractivity contribution >= 4 is 21.6 Å². The molecule has 1 aromatic carbocycles. The van der Waals surface area contributed by atoms with Gasteiger partial charge in [0.2, 0.25) is 5.88 Å². The number of halogens is 1. The Morgan fingerprint density at radius 3 is 2.94 bits per heavy atom. The van der Waals surface area contributed by atoms with Crippen LogP contribution in [0.25, 0.3) is 0 Å². The Bertz CT molecular complexity index is 502. The fourth-order valence-corrected chi connectivity index (χ4v) is 1.98. The Balaban J connectivity index is 2.07. The topological polar surface area (TPSA) is 34.1 Å². The number of anilines is 1. The highest BCUT2D eigenvalue weighted by Crippen LogP contribution is 2.21. The monoisotopic (exact) mass is 292 g/mol. The molecule has 0 aliphatic rings. The Morgan fingerprint density at radius 2 is 2.18 bits per heavy atom. The van der Waals surface area contributed by atoms with Crippen LogP contribution in [0.4, 0.5) is 5.69 Å². The minimum Gasteiger partial charge on any atom is -0.480 e. The van der Waals surface area contributed by atoms with E-state index in [1.807, 2.05) is 24.3 Å². The molecule has 4 heteroatoms. The van der Waals surface area contributed by atoms with Crippen molar-refractivity contribution in [2.24, 2.45) is 0 Å². The maximum atomic E-state index is 5.17. The number of aromatic nitrogens is 1. The summed E-state index contributed by atoms with van der Waals surface area (Å²) in [5, 5.41) is 3.30. The van der Waals surface area contributed by atoms with Gasteiger partial charge in [-0.25, -0.2) is 4.98 Å². The first-order valence-electron chi connectivity index (χ1n) is 5.27. The van der Waals surface area contributed by atoms with Gasteiger partial charge in [0, 0.05) is 17.2 Å². The van der Waals surface area contributed by atoms with Gasteiger partial charge in [-0.15, -0.1) is 0 Å². The summed E-state index contributed by atoms with van der Waals surface area (Å²) in [5.41, 5.74) is 2.10. The molecular weight excluding hydrogens is 280 g/mol. The number of nitrogens with zero attached hydrogens (tertiary/aromatic N) is 1. The highest BCUT2D eigenvalue weighted by atomic mass is 79.9. The zero-order valence-electron chi connectivity index (χ0n) is 9.48.